The fourth-order valence-corrected chi connectivity index (χ4v) is 4.05. The Kier molecular flexibility index (Phi) is 5.57. The van der Waals surface area contributed by atoms with E-state index in [2.05, 4.69) is 5.32 Å². The van der Waals surface area contributed by atoms with Crippen molar-refractivity contribution in [3.63, 3.8) is 0 Å². The number of primary amides is 1. The Hall–Kier alpha value is -3.12. The van der Waals surface area contributed by atoms with Crippen molar-refractivity contribution in [2.75, 3.05) is 12.4 Å². The van der Waals surface area contributed by atoms with Crippen LogP contribution in [0.25, 0.3) is 0 Å². The number of nitrogens with one attached hydrogen (secondary N) is 1. The summed E-state index contributed by atoms with van der Waals surface area (Å²) < 4.78 is 5.10. The Balaban J connectivity index is 1.88. The van der Waals surface area contributed by atoms with Gasteiger partial charge in [0, 0.05) is 16.9 Å². The number of carbonyl (C=O) groups excluding carboxylic acids is 2. The molecule has 1 aromatic heterocycles. The third kappa shape index (κ3) is 4.17. The summed E-state index contributed by atoms with van der Waals surface area (Å²) in [6.07, 6.45) is 0.677. The third-order valence-corrected chi connectivity index (χ3v) is 5.49. The molecule has 0 unspecified atom stereocenters. The van der Waals surface area contributed by atoms with Crippen molar-refractivity contribution in [3.8, 4) is 5.75 Å². The molecule has 2 aromatic carbocycles. The van der Waals surface area contributed by atoms with Gasteiger partial charge in [-0.1, -0.05) is 30.3 Å². The van der Waals surface area contributed by atoms with Gasteiger partial charge in [0.25, 0.3) is 11.8 Å². The molecule has 0 atom stereocenters. The molecule has 0 saturated heterocycles. The molecule has 27 heavy (non-hydrogen) atoms. The summed E-state index contributed by atoms with van der Waals surface area (Å²) in [7, 11) is 1.57. The summed E-state index contributed by atoms with van der Waals surface area (Å²) in [5.74, 6) is -0.178. The fourth-order valence-electron chi connectivity index (χ4n) is 2.81. The summed E-state index contributed by atoms with van der Waals surface area (Å²) in [4.78, 5) is 25.5. The van der Waals surface area contributed by atoms with E-state index in [0.29, 0.717) is 28.3 Å². The molecule has 5 nitrogen and oxygen atoms in total. The van der Waals surface area contributed by atoms with Crippen molar-refractivity contribution in [1.82, 2.24) is 0 Å². The maximum absolute atomic E-state index is 12.6. The lowest BCUT2D eigenvalue weighted by Crippen LogP contribution is -2.17. The zero-order valence-electron chi connectivity index (χ0n) is 15.1. The zero-order valence-corrected chi connectivity index (χ0v) is 15.9. The Morgan fingerprint density at radius 3 is 2.33 bits per heavy atom. The molecule has 0 fully saturated rings. The Morgan fingerprint density at radius 2 is 1.74 bits per heavy atom. The number of benzene rings is 2. The first-order valence-corrected chi connectivity index (χ1v) is 9.22. The van der Waals surface area contributed by atoms with Crippen LogP contribution in [0.1, 0.15) is 36.7 Å². The molecule has 6 heteroatoms. The lowest BCUT2D eigenvalue weighted by atomic mass is 10.1. The smallest absolute Gasteiger partial charge is 0.256 e. The van der Waals surface area contributed by atoms with Crippen molar-refractivity contribution >= 4 is 28.2 Å². The van der Waals surface area contributed by atoms with Crippen LogP contribution >= 0.6 is 11.3 Å². The van der Waals surface area contributed by atoms with E-state index in [1.54, 1.807) is 31.4 Å². The van der Waals surface area contributed by atoms with Gasteiger partial charge in [0.15, 0.2) is 0 Å². The largest absolute Gasteiger partial charge is 0.497 e. The maximum atomic E-state index is 12.6. The van der Waals surface area contributed by atoms with Crippen LogP contribution in [0.5, 0.6) is 5.75 Å². The number of ether oxygens (including phenoxy) is 1. The highest BCUT2D eigenvalue weighted by molar-refractivity contribution is 7.17. The molecular formula is C21H20N2O3S. The summed E-state index contributed by atoms with van der Waals surface area (Å²) in [5.41, 5.74) is 8.35. The molecule has 0 bridgehead atoms. The van der Waals surface area contributed by atoms with E-state index >= 15 is 0 Å². The SMILES string of the molecule is COc1ccc(C(=O)Nc2sc(Cc3ccccc3)c(C)c2C(N)=O)cc1. The maximum Gasteiger partial charge on any atom is 0.256 e. The van der Waals surface area contributed by atoms with Crippen molar-refractivity contribution in [3.05, 3.63) is 81.7 Å². The number of anilines is 1. The highest BCUT2D eigenvalue weighted by atomic mass is 32.1. The average molecular weight is 380 g/mol. The second kappa shape index (κ2) is 8.05. The standard InChI is InChI=1S/C21H20N2O3S/c1-13-17(12-14-6-4-3-5-7-14)27-21(18(13)19(22)24)23-20(25)15-8-10-16(26-2)11-9-15/h3-11H,12H2,1-2H3,(H2,22,24)(H,23,25). The van der Waals surface area contributed by atoms with Crippen LogP contribution in [0.15, 0.2) is 54.6 Å². The van der Waals surface area contributed by atoms with E-state index in [-0.39, 0.29) is 5.91 Å². The minimum Gasteiger partial charge on any atom is -0.497 e. The number of nitrogens with two attached hydrogens (primary N) is 1. The van der Waals surface area contributed by atoms with Gasteiger partial charge in [-0.25, -0.2) is 0 Å². The van der Waals surface area contributed by atoms with Crippen LogP contribution in [0.4, 0.5) is 5.00 Å². The second-order valence-corrected chi connectivity index (χ2v) is 7.17. The van der Waals surface area contributed by atoms with E-state index < -0.39 is 5.91 Å². The number of carbonyl (C=O) groups is 2. The summed E-state index contributed by atoms with van der Waals surface area (Å²) in [6, 6.07) is 16.7. The van der Waals surface area contributed by atoms with Crippen LogP contribution in [-0.4, -0.2) is 18.9 Å². The molecule has 0 aliphatic heterocycles. The minimum atomic E-state index is -0.548. The Bertz CT molecular complexity index is 963. The molecule has 3 N–H and O–H groups in total. The minimum absolute atomic E-state index is 0.298. The van der Waals surface area contributed by atoms with Crippen molar-refractivity contribution in [2.24, 2.45) is 5.73 Å². The fraction of sp³-hybridized carbons (Fsp3) is 0.143. The monoisotopic (exact) mass is 380 g/mol. The van der Waals surface area contributed by atoms with Crippen LogP contribution in [0.3, 0.4) is 0 Å². The zero-order chi connectivity index (χ0) is 19.4. The van der Waals surface area contributed by atoms with Gasteiger partial charge in [0.1, 0.15) is 10.8 Å². The van der Waals surface area contributed by atoms with Gasteiger partial charge in [0.2, 0.25) is 0 Å². The molecule has 0 spiro atoms. The first kappa shape index (κ1) is 18.7. The van der Waals surface area contributed by atoms with Gasteiger partial charge < -0.3 is 15.8 Å². The highest BCUT2D eigenvalue weighted by Gasteiger charge is 2.21. The van der Waals surface area contributed by atoms with Gasteiger partial charge in [-0.3, -0.25) is 9.59 Å². The van der Waals surface area contributed by atoms with Crippen LogP contribution in [0.2, 0.25) is 0 Å². The van der Waals surface area contributed by atoms with Crippen molar-refractivity contribution in [1.29, 1.82) is 0 Å². The summed E-state index contributed by atoms with van der Waals surface area (Å²) in [6.45, 7) is 1.86. The first-order chi connectivity index (χ1) is 13.0. The van der Waals surface area contributed by atoms with E-state index in [0.717, 1.165) is 16.0 Å². The van der Waals surface area contributed by atoms with Crippen LogP contribution < -0.4 is 15.8 Å². The number of thiophene rings is 1. The number of amides is 2. The number of methoxy groups -OCH3 is 1. The van der Waals surface area contributed by atoms with E-state index in [1.165, 1.54) is 11.3 Å². The van der Waals surface area contributed by atoms with Crippen molar-refractivity contribution in [2.45, 2.75) is 13.3 Å². The highest BCUT2D eigenvalue weighted by Crippen LogP contribution is 2.34. The van der Waals surface area contributed by atoms with Crippen LogP contribution in [-0.2, 0) is 6.42 Å². The molecule has 0 saturated carbocycles. The molecule has 2 amide bonds. The lowest BCUT2D eigenvalue weighted by Gasteiger charge is -2.06. The molecule has 3 rings (SSSR count). The second-order valence-electron chi connectivity index (χ2n) is 6.06. The van der Waals surface area contributed by atoms with E-state index in [9.17, 15) is 9.59 Å². The first-order valence-electron chi connectivity index (χ1n) is 8.41. The number of hydrogen-bond acceptors (Lipinski definition) is 4. The topological polar surface area (TPSA) is 81.4 Å². The van der Waals surface area contributed by atoms with Gasteiger partial charge in [-0.2, -0.15) is 0 Å². The quantitative estimate of drug-likeness (QED) is 0.678. The predicted molar refractivity (Wildman–Crippen MR) is 108 cm³/mol. The number of hydrogen-bond donors (Lipinski definition) is 2. The molecule has 1 heterocycles. The number of rotatable bonds is 6. The van der Waals surface area contributed by atoms with E-state index in [1.807, 2.05) is 37.3 Å². The summed E-state index contributed by atoms with van der Waals surface area (Å²) >= 11 is 1.38. The predicted octanol–water partition coefficient (Wildman–Crippen LogP) is 4.01. The third-order valence-electron chi connectivity index (χ3n) is 4.28. The molecule has 0 aliphatic carbocycles. The van der Waals surface area contributed by atoms with Crippen molar-refractivity contribution < 1.29 is 14.3 Å². The van der Waals surface area contributed by atoms with Crippen LogP contribution in [0, 0.1) is 6.92 Å². The van der Waals surface area contributed by atoms with E-state index in [4.69, 9.17) is 10.5 Å². The molecule has 138 valence electrons. The molecule has 3 aromatic rings. The normalized spacial score (nSPS) is 10.4. The Labute approximate surface area is 161 Å². The lowest BCUT2D eigenvalue weighted by molar-refractivity contribution is 0.100. The van der Waals surface area contributed by atoms with Gasteiger partial charge in [-0.05, 0) is 42.3 Å². The average Bonchev–Trinajstić information content (AvgIpc) is 2.97. The van der Waals surface area contributed by atoms with Gasteiger partial charge in [0.05, 0.1) is 12.7 Å². The molecule has 0 radical (unpaired) electrons. The van der Waals surface area contributed by atoms with Gasteiger partial charge in [-0.15, -0.1) is 11.3 Å². The molecule has 0 aliphatic rings. The molecular weight excluding hydrogens is 360 g/mol. The summed E-state index contributed by atoms with van der Waals surface area (Å²) in [5, 5.41) is 3.31. The van der Waals surface area contributed by atoms with Gasteiger partial charge >= 0.3 is 0 Å². The Morgan fingerprint density at radius 1 is 1.07 bits per heavy atom.